The Morgan fingerprint density at radius 2 is 2.33 bits per heavy atom. The summed E-state index contributed by atoms with van der Waals surface area (Å²) in [5.74, 6) is 0. The predicted molar refractivity (Wildman–Crippen MR) is 47.8 cm³/mol. The second kappa shape index (κ2) is 2.57. The molecule has 0 bridgehead atoms. The number of aromatic amines is 1. The summed E-state index contributed by atoms with van der Waals surface area (Å²) in [5.41, 5.74) is -0.142. The van der Waals surface area contributed by atoms with Crippen LogP contribution in [0.5, 0.6) is 0 Å². The van der Waals surface area contributed by atoms with Gasteiger partial charge >= 0.3 is 0 Å². The number of fused-ring (bicyclic) bond motifs is 1. The Kier molecular flexibility index (Phi) is 1.55. The van der Waals surface area contributed by atoms with Crippen LogP contribution >= 0.6 is 11.3 Å². The molecule has 3 nitrogen and oxygen atoms in total. The van der Waals surface area contributed by atoms with Crippen LogP contribution in [0.2, 0.25) is 0 Å². The number of H-pyrrole nitrogens is 1. The van der Waals surface area contributed by atoms with E-state index in [9.17, 15) is 9.59 Å². The Bertz CT molecular complexity index is 483. The third-order valence-electron chi connectivity index (χ3n) is 1.59. The van der Waals surface area contributed by atoms with Crippen LogP contribution in [-0.4, -0.2) is 11.3 Å². The van der Waals surface area contributed by atoms with Gasteiger partial charge in [-0.3, -0.25) is 9.59 Å². The molecule has 0 saturated carbocycles. The molecule has 0 radical (unpaired) electrons. The topological polar surface area (TPSA) is 49.9 Å². The van der Waals surface area contributed by atoms with Crippen LogP contribution in [0.25, 0.3) is 10.1 Å². The summed E-state index contributed by atoms with van der Waals surface area (Å²) in [7, 11) is 0. The van der Waals surface area contributed by atoms with Gasteiger partial charge in [0.2, 0.25) is 0 Å². The number of nitrogens with one attached hydrogen (secondary N) is 1. The van der Waals surface area contributed by atoms with Crippen molar-refractivity contribution in [2.45, 2.75) is 0 Å². The Morgan fingerprint density at radius 3 is 3.00 bits per heavy atom. The molecule has 0 aliphatic heterocycles. The van der Waals surface area contributed by atoms with Gasteiger partial charge in [-0.15, -0.1) is 11.3 Å². The predicted octanol–water partition coefficient (Wildman–Crippen LogP) is 1.40. The summed E-state index contributed by atoms with van der Waals surface area (Å²) in [5, 5.41) is 0.588. The standard InChI is InChI=1S/C8H5NO2S/c10-4-5-3-6-7(12-5)1-2-9-8(6)11/h1-4H,(H,9,11). The number of carbonyl (C=O) groups is 1. The van der Waals surface area contributed by atoms with Crippen LogP contribution in [0.3, 0.4) is 0 Å². The van der Waals surface area contributed by atoms with E-state index in [0.29, 0.717) is 10.3 Å². The molecule has 0 aromatic carbocycles. The molecule has 2 rings (SSSR count). The van der Waals surface area contributed by atoms with Gasteiger partial charge in [-0.05, 0) is 12.1 Å². The zero-order valence-corrected chi connectivity index (χ0v) is 6.85. The number of hydrogen-bond acceptors (Lipinski definition) is 3. The molecular formula is C8H5NO2S. The fourth-order valence-corrected chi connectivity index (χ4v) is 1.93. The number of hydrogen-bond donors (Lipinski definition) is 1. The van der Waals surface area contributed by atoms with Crippen LogP contribution in [0, 0.1) is 0 Å². The third kappa shape index (κ3) is 0.967. The molecule has 0 aliphatic rings. The van der Waals surface area contributed by atoms with E-state index in [1.165, 1.54) is 11.3 Å². The molecule has 4 heteroatoms. The van der Waals surface area contributed by atoms with Crippen molar-refractivity contribution in [1.82, 2.24) is 4.98 Å². The molecule has 0 aliphatic carbocycles. The second-order valence-electron chi connectivity index (χ2n) is 2.35. The van der Waals surface area contributed by atoms with Crippen LogP contribution in [0.15, 0.2) is 23.1 Å². The summed E-state index contributed by atoms with van der Waals surface area (Å²) in [6.45, 7) is 0. The summed E-state index contributed by atoms with van der Waals surface area (Å²) in [6, 6.07) is 3.39. The summed E-state index contributed by atoms with van der Waals surface area (Å²) in [6.07, 6.45) is 2.33. The van der Waals surface area contributed by atoms with Gasteiger partial charge in [0.1, 0.15) is 0 Å². The number of aromatic nitrogens is 1. The van der Waals surface area contributed by atoms with E-state index in [2.05, 4.69) is 4.98 Å². The summed E-state index contributed by atoms with van der Waals surface area (Å²) in [4.78, 5) is 24.7. The molecule has 0 unspecified atom stereocenters. The maximum atomic E-state index is 11.1. The van der Waals surface area contributed by atoms with Gasteiger partial charge in [0.25, 0.3) is 5.56 Å². The van der Waals surface area contributed by atoms with Gasteiger partial charge < -0.3 is 4.98 Å². The quantitative estimate of drug-likeness (QED) is 0.673. The van der Waals surface area contributed by atoms with Gasteiger partial charge in [-0.1, -0.05) is 0 Å². The van der Waals surface area contributed by atoms with E-state index >= 15 is 0 Å². The molecule has 60 valence electrons. The average Bonchev–Trinajstić information content (AvgIpc) is 2.49. The summed E-state index contributed by atoms with van der Waals surface area (Å²) >= 11 is 1.32. The molecule has 2 aromatic rings. The van der Waals surface area contributed by atoms with E-state index < -0.39 is 0 Å². The lowest BCUT2D eigenvalue weighted by Crippen LogP contribution is -2.01. The van der Waals surface area contributed by atoms with Crippen molar-refractivity contribution in [3.8, 4) is 0 Å². The highest BCUT2D eigenvalue weighted by Gasteiger charge is 2.02. The van der Waals surface area contributed by atoms with Crippen LogP contribution in [0.4, 0.5) is 0 Å². The summed E-state index contributed by atoms with van der Waals surface area (Å²) < 4.78 is 0.848. The van der Waals surface area contributed by atoms with E-state index in [1.54, 1.807) is 18.3 Å². The van der Waals surface area contributed by atoms with Crippen molar-refractivity contribution in [3.05, 3.63) is 33.6 Å². The smallest absolute Gasteiger partial charge is 0.256 e. The Morgan fingerprint density at radius 1 is 1.50 bits per heavy atom. The largest absolute Gasteiger partial charge is 0.329 e. The lowest BCUT2D eigenvalue weighted by molar-refractivity contribution is 0.112. The van der Waals surface area contributed by atoms with Gasteiger partial charge in [0.15, 0.2) is 6.29 Å². The maximum absolute atomic E-state index is 11.1. The fourth-order valence-electron chi connectivity index (χ4n) is 1.05. The highest BCUT2D eigenvalue weighted by molar-refractivity contribution is 7.20. The lowest BCUT2D eigenvalue weighted by atomic mass is 10.3. The molecule has 12 heavy (non-hydrogen) atoms. The minimum Gasteiger partial charge on any atom is -0.329 e. The third-order valence-corrected chi connectivity index (χ3v) is 2.62. The average molecular weight is 179 g/mol. The molecule has 0 spiro atoms. The molecule has 0 saturated heterocycles. The van der Waals surface area contributed by atoms with Crippen LogP contribution in [-0.2, 0) is 0 Å². The molecular weight excluding hydrogens is 174 g/mol. The highest BCUT2D eigenvalue weighted by atomic mass is 32.1. The minimum absolute atomic E-state index is 0.142. The van der Waals surface area contributed by atoms with Crippen molar-refractivity contribution in [1.29, 1.82) is 0 Å². The van der Waals surface area contributed by atoms with E-state index in [1.807, 2.05) is 0 Å². The first kappa shape index (κ1) is 7.24. The zero-order valence-electron chi connectivity index (χ0n) is 6.03. The van der Waals surface area contributed by atoms with E-state index in [-0.39, 0.29) is 5.56 Å². The monoisotopic (exact) mass is 179 g/mol. The van der Waals surface area contributed by atoms with Crippen molar-refractivity contribution in [2.24, 2.45) is 0 Å². The SMILES string of the molecule is O=Cc1cc2c(=O)[nH]ccc2s1. The van der Waals surface area contributed by atoms with Crippen molar-refractivity contribution < 1.29 is 4.79 Å². The first-order valence-corrected chi connectivity index (χ1v) is 4.19. The maximum Gasteiger partial charge on any atom is 0.256 e. The molecule has 0 fully saturated rings. The van der Waals surface area contributed by atoms with Gasteiger partial charge in [0.05, 0.1) is 10.3 Å². The van der Waals surface area contributed by atoms with E-state index in [4.69, 9.17) is 0 Å². The van der Waals surface area contributed by atoms with Crippen LogP contribution < -0.4 is 5.56 Å². The first-order chi connectivity index (χ1) is 5.81. The number of carbonyl (C=O) groups excluding carboxylic acids is 1. The lowest BCUT2D eigenvalue weighted by Gasteiger charge is -1.83. The van der Waals surface area contributed by atoms with Crippen LogP contribution in [0.1, 0.15) is 9.67 Å². The van der Waals surface area contributed by atoms with Crippen molar-refractivity contribution in [2.75, 3.05) is 0 Å². The highest BCUT2D eigenvalue weighted by Crippen LogP contribution is 2.20. The van der Waals surface area contributed by atoms with Crippen molar-refractivity contribution >= 4 is 27.7 Å². The Balaban J connectivity index is 2.92. The fraction of sp³-hybridized carbons (Fsp3) is 0. The molecule has 0 amide bonds. The number of rotatable bonds is 1. The second-order valence-corrected chi connectivity index (χ2v) is 3.47. The molecule has 1 N–H and O–H groups in total. The van der Waals surface area contributed by atoms with Gasteiger partial charge in [-0.25, -0.2) is 0 Å². The first-order valence-electron chi connectivity index (χ1n) is 3.37. The minimum atomic E-state index is -0.142. The molecule has 2 aromatic heterocycles. The normalized spacial score (nSPS) is 10.3. The number of thiophene rings is 1. The number of pyridine rings is 1. The van der Waals surface area contributed by atoms with Gasteiger partial charge in [-0.2, -0.15) is 0 Å². The zero-order chi connectivity index (χ0) is 8.55. The number of aldehydes is 1. The van der Waals surface area contributed by atoms with E-state index in [0.717, 1.165) is 11.0 Å². The Labute approximate surface area is 71.7 Å². The Hall–Kier alpha value is -1.42. The van der Waals surface area contributed by atoms with Crippen molar-refractivity contribution in [3.63, 3.8) is 0 Å². The molecule has 0 atom stereocenters. The molecule has 2 heterocycles. The van der Waals surface area contributed by atoms with Gasteiger partial charge in [0, 0.05) is 10.9 Å².